The number of nitrogens with zero attached hydrogens (tertiary/aromatic N) is 1. The Kier molecular flexibility index (Phi) is 6.44. The fourth-order valence-corrected chi connectivity index (χ4v) is 3.79. The van der Waals surface area contributed by atoms with E-state index in [1.165, 1.54) is 0 Å². The molecule has 0 aromatic heterocycles. The Labute approximate surface area is 176 Å². The van der Waals surface area contributed by atoms with E-state index in [1.54, 1.807) is 0 Å². The molecular formula is C24H27N3O3. The number of hydrogen-bond donors (Lipinski definition) is 2. The molecule has 1 fully saturated rings. The summed E-state index contributed by atoms with van der Waals surface area (Å²) in [6.45, 7) is 4.28. The van der Waals surface area contributed by atoms with Gasteiger partial charge < -0.3 is 20.3 Å². The molecule has 0 amide bonds. The molecule has 1 heterocycles. The molecule has 4 rings (SSSR count). The molecule has 1 aliphatic heterocycles. The van der Waals surface area contributed by atoms with Crippen molar-refractivity contribution in [2.24, 2.45) is 5.92 Å². The molecule has 6 heteroatoms. The molecular weight excluding hydrogens is 378 g/mol. The zero-order chi connectivity index (χ0) is 20.8. The van der Waals surface area contributed by atoms with E-state index in [-0.39, 0.29) is 0 Å². The van der Waals surface area contributed by atoms with Crippen LogP contribution < -0.4 is 26.2 Å². The average molecular weight is 405 g/mol. The van der Waals surface area contributed by atoms with Crippen molar-refractivity contribution in [3.8, 4) is 5.75 Å². The lowest BCUT2D eigenvalue weighted by Gasteiger charge is -2.32. The Morgan fingerprint density at radius 1 is 0.867 bits per heavy atom. The summed E-state index contributed by atoms with van der Waals surface area (Å²) < 4.78 is 5.88. The molecule has 0 aliphatic carbocycles. The van der Waals surface area contributed by atoms with Crippen LogP contribution in [0.1, 0.15) is 12.8 Å². The lowest BCUT2D eigenvalue weighted by molar-refractivity contribution is 0.144. The average Bonchev–Trinajstić information content (AvgIpc) is 2.81. The fraction of sp³-hybridized carbons (Fsp3) is 0.333. The molecule has 0 radical (unpaired) electrons. The van der Waals surface area contributed by atoms with Crippen LogP contribution in [0.5, 0.6) is 5.75 Å². The van der Waals surface area contributed by atoms with Crippen molar-refractivity contribution < 1.29 is 4.74 Å². The third-order valence-electron chi connectivity index (χ3n) is 5.62. The van der Waals surface area contributed by atoms with E-state index in [9.17, 15) is 9.59 Å². The first-order chi connectivity index (χ1) is 14.7. The molecule has 0 unspecified atom stereocenters. The monoisotopic (exact) mass is 405 g/mol. The van der Waals surface area contributed by atoms with Gasteiger partial charge in [0.1, 0.15) is 17.1 Å². The molecule has 1 aliphatic rings. The van der Waals surface area contributed by atoms with Crippen LogP contribution in [0.25, 0.3) is 0 Å². The largest absolute Gasteiger partial charge is 0.493 e. The second-order valence-corrected chi connectivity index (χ2v) is 7.74. The lowest BCUT2D eigenvalue weighted by Crippen LogP contribution is -2.40. The predicted octanol–water partition coefficient (Wildman–Crippen LogP) is 3.23. The summed E-state index contributed by atoms with van der Waals surface area (Å²) in [6, 6.07) is 19.4. The van der Waals surface area contributed by atoms with Gasteiger partial charge in [-0.2, -0.15) is 0 Å². The molecule has 6 nitrogen and oxygen atoms in total. The highest BCUT2D eigenvalue weighted by Crippen LogP contribution is 2.21. The second-order valence-electron chi connectivity index (χ2n) is 7.74. The predicted molar refractivity (Wildman–Crippen MR) is 121 cm³/mol. The highest BCUT2D eigenvalue weighted by molar-refractivity contribution is 5.78. The second kappa shape index (κ2) is 9.59. The fourth-order valence-electron chi connectivity index (χ4n) is 3.79. The maximum absolute atomic E-state index is 11.9. The molecule has 0 spiro atoms. The minimum Gasteiger partial charge on any atom is -0.493 e. The highest BCUT2D eigenvalue weighted by Gasteiger charge is 2.22. The van der Waals surface area contributed by atoms with E-state index < -0.39 is 10.9 Å². The highest BCUT2D eigenvalue weighted by atomic mass is 16.5. The number of likely N-dealkylation sites (tertiary alicyclic amines) is 1. The van der Waals surface area contributed by atoms with Gasteiger partial charge >= 0.3 is 0 Å². The number of hydrogen-bond acceptors (Lipinski definition) is 6. The molecule has 0 saturated carbocycles. The quantitative estimate of drug-likeness (QED) is 0.533. The first-order valence-corrected chi connectivity index (χ1v) is 10.5. The zero-order valence-electron chi connectivity index (χ0n) is 17.0. The molecule has 2 N–H and O–H groups in total. The van der Waals surface area contributed by atoms with Crippen LogP contribution in [0.4, 0.5) is 17.1 Å². The summed E-state index contributed by atoms with van der Waals surface area (Å²) >= 11 is 0. The van der Waals surface area contributed by atoms with Gasteiger partial charge in [0.2, 0.25) is 0 Å². The number of benzene rings is 2. The van der Waals surface area contributed by atoms with E-state index in [2.05, 4.69) is 15.5 Å². The molecule has 1 saturated heterocycles. The number of rotatable bonds is 9. The Hall–Kier alpha value is -3.12. The van der Waals surface area contributed by atoms with Crippen molar-refractivity contribution in [3.05, 3.63) is 81.1 Å². The van der Waals surface area contributed by atoms with Crippen LogP contribution >= 0.6 is 0 Å². The summed E-state index contributed by atoms with van der Waals surface area (Å²) in [5.41, 5.74) is 0.663. The summed E-state index contributed by atoms with van der Waals surface area (Å²) in [6.07, 6.45) is 2.21. The van der Waals surface area contributed by atoms with Crippen LogP contribution in [-0.2, 0) is 0 Å². The van der Waals surface area contributed by atoms with Gasteiger partial charge in [-0.15, -0.1) is 0 Å². The van der Waals surface area contributed by atoms with Gasteiger partial charge in [0, 0.05) is 18.8 Å². The SMILES string of the molecule is O=c1c(NCCN2CCC(COc3ccccc3)CC2)c(Nc2ccccc2)c1=O. The van der Waals surface area contributed by atoms with Gasteiger partial charge in [-0.05, 0) is 56.1 Å². The minimum absolute atomic E-state index is 0.364. The summed E-state index contributed by atoms with van der Waals surface area (Å²) in [5, 5.41) is 6.20. The van der Waals surface area contributed by atoms with Crippen molar-refractivity contribution in [3.63, 3.8) is 0 Å². The molecule has 0 bridgehead atoms. The van der Waals surface area contributed by atoms with Crippen LogP contribution in [0.3, 0.4) is 0 Å². The Balaban J connectivity index is 1.19. The van der Waals surface area contributed by atoms with E-state index in [1.807, 2.05) is 60.7 Å². The summed E-state index contributed by atoms with van der Waals surface area (Å²) in [7, 11) is 0. The summed E-state index contributed by atoms with van der Waals surface area (Å²) in [5.74, 6) is 1.50. The summed E-state index contributed by atoms with van der Waals surface area (Å²) in [4.78, 5) is 26.2. The van der Waals surface area contributed by atoms with Crippen LogP contribution in [-0.4, -0.2) is 37.7 Å². The smallest absolute Gasteiger partial charge is 0.253 e. The lowest BCUT2D eigenvalue weighted by atomic mass is 9.98. The van der Waals surface area contributed by atoms with Crippen LogP contribution in [0, 0.1) is 5.92 Å². The number of para-hydroxylation sites is 2. The van der Waals surface area contributed by atoms with Gasteiger partial charge in [-0.3, -0.25) is 9.59 Å². The van der Waals surface area contributed by atoms with Gasteiger partial charge in [0.25, 0.3) is 10.9 Å². The van der Waals surface area contributed by atoms with Gasteiger partial charge in [0.05, 0.1) is 6.61 Å². The van der Waals surface area contributed by atoms with Crippen molar-refractivity contribution in [1.82, 2.24) is 4.90 Å². The molecule has 3 aromatic carbocycles. The normalized spacial score (nSPS) is 15.2. The molecule has 30 heavy (non-hydrogen) atoms. The Morgan fingerprint density at radius 3 is 2.20 bits per heavy atom. The van der Waals surface area contributed by atoms with Crippen molar-refractivity contribution in [2.45, 2.75) is 12.8 Å². The third-order valence-corrected chi connectivity index (χ3v) is 5.62. The van der Waals surface area contributed by atoms with E-state index in [4.69, 9.17) is 4.74 Å². The maximum atomic E-state index is 11.9. The number of anilines is 3. The van der Waals surface area contributed by atoms with Gasteiger partial charge in [0.15, 0.2) is 0 Å². The Bertz CT molecular complexity index is 1010. The Morgan fingerprint density at radius 2 is 1.50 bits per heavy atom. The van der Waals surface area contributed by atoms with Gasteiger partial charge in [-0.1, -0.05) is 36.4 Å². The molecule has 0 atom stereocenters. The van der Waals surface area contributed by atoms with Crippen LogP contribution in [0.2, 0.25) is 0 Å². The zero-order valence-corrected chi connectivity index (χ0v) is 17.0. The maximum Gasteiger partial charge on any atom is 0.253 e. The van der Waals surface area contributed by atoms with Crippen molar-refractivity contribution in [1.29, 1.82) is 0 Å². The van der Waals surface area contributed by atoms with Crippen LogP contribution in [0.15, 0.2) is 70.3 Å². The number of ether oxygens (including phenoxy) is 1. The number of nitrogens with one attached hydrogen (secondary N) is 2. The third kappa shape index (κ3) is 4.89. The molecule has 156 valence electrons. The van der Waals surface area contributed by atoms with E-state index in [0.29, 0.717) is 23.8 Å². The molecule has 3 aromatic rings. The number of piperidine rings is 1. The first-order valence-electron chi connectivity index (χ1n) is 10.5. The minimum atomic E-state index is -0.458. The van der Waals surface area contributed by atoms with Crippen molar-refractivity contribution >= 4 is 17.1 Å². The van der Waals surface area contributed by atoms with E-state index >= 15 is 0 Å². The van der Waals surface area contributed by atoms with E-state index in [0.717, 1.165) is 50.5 Å². The van der Waals surface area contributed by atoms with Crippen molar-refractivity contribution in [2.75, 3.05) is 43.4 Å². The van der Waals surface area contributed by atoms with Gasteiger partial charge in [-0.25, -0.2) is 0 Å². The standard InChI is InChI=1S/C24H27N3O3/c28-23-21(22(24(23)29)26-19-7-3-1-4-8-19)25-13-16-27-14-11-18(12-15-27)17-30-20-9-5-2-6-10-20/h1-10,18,25-26H,11-17H2. The topological polar surface area (TPSA) is 70.7 Å². The first kappa shape index (κ1) is 20.2.